The Bertz CT molecular complexity index is 1180. The number of fused-ring (bicyclic) bond motifs is 3. The molecule has 0 atom stereocenters. The third-order valence-electron chi connectivity index (χ3n) is 4.39. The van der Waals surface area contributed by atoms with Crippen molar-refractivity contribution in [3.05, 3.63) is 77.0 Å². The molecule has 0 aliphatic carbocycles. The summed E-state index contributed by atoms with van der Waals surface area (Å²) in [5.74, 6) is -0.979. The molecule has 5 nitrogen and oxygen atoms in total. The number of halogens is 2. The van der Waals surface area contributed by atoms with Gasteiger partial charge in [-0.1, -0.05) is 34.1 Å². The Hall–Kier alpha value is -2.71. The van der Waals surface area contributed by atoms with Gasteiger partial charge >= 0.3 is 0 Å². The van der Waals surface area contributed by atoms with Gasteiger partial charge in [-0.3, -0.25) is 9.10 Å². The largest absolute Gasteiger partial charge is 0.325 e. The molecule has 0 aromatic heterocycles. The summed E-state index contributed by atoms with van der Waals surface area (Å²) in [4.78, 5) is 12.6. The zero-order valence-corrected chi connectivity index (χ0v) is 16.8. The first-order valence-corrected chi connectivity index (χ1v) is 10.6. The fraction of sp³-hybridized carbons (Fsp3) is 0.0500. The average molecular weight is 461 g/mol. The van der Waals surface area contributed by atoms with E-state index in [0.29, 0.717) is 16.8 Å². The van der Waals surface area contributed by atoms with Crippen molar-refractivity contribution in [3.63, 3.8) is 0 Å². The Morgan fingerprint density at radius 3 is 2.46 bits per heavy atom. The first kappa shape index (κ1) is 18.6. The molecule has 0 saturated carbocycles. The highest BCUT2D eigenvalue weighted by Gasteiger charge is 2.36. The predicted octanol–water partition coefficient (Wildman–Crippen LogP) is 4.40. The van der Waals surface area contributed by atoms with Crippen molar-refractivity contribution in [1.82, 2.24) is 0 Å². The Morgan fingerprint density at radius 1 is 1.00 bits per heavy atom. The molecule has 28 heavy (non-hydrogen) atoms. The van der Waals surface area contributed by atoms with E-state index in [-0.39, 0.29) is 10.6 Å². The summed E-state index contributed by atoms with van der Waals surface area (Å²) < 4.78 is 42.0. The summed E-state index contributed by atoms with van der Waals surface area (Å²) in [6, 6.07) is 17.2. The lowest BCUT2D eigenvalue weighted by Crippen LogP contribution is -2.40. The van der Waals surface area contributed by atoms with Crippen LogP contribution in [0.1, 0.15) is 0 Å². The van der Waals surface area contributed by atoms with E-state index in [2.05, 4.69) is 21.2 Å². The minimum atomic E-state index is -3.96. The second-order valence-electron chi connectivity index (χ2n) is 6.22. The number of carbonyl (C=O) groups is 1. The number of anilines is 2. The van der Waals surface area contributed by atoms with Gasteiger partial charge in [-0.15, -0.1) is 0 Å². The maximum atomic E-state index is 13.8. The minimum absolute atomic E-state index is 0.0459. The molecule has 1 heterocycles. The molecule has 3 aromatic rings. The van der Waals surface area contributed by atoms with E-state index in [1.165, 1.54) is 24.3 Å². The number of amides is 1. The van der Waals surface area contributed by atoms with Crippen molar-refractivity contribution < 1.29 is 17.6 Å². The van der Waals surface area contributed by atoms with Crippen LogP contribution in [0.4, 0.5) is 15.8 Å². The molecule has 1 amide bonds. The van der Waals surface area contributed by atoms with Crippen molar-refractivity contribution in [2.24, 2.45) is 0 Å². The van der Waals surface area contributed by atoms with Gasteiger partial charge in [-0.2, -0.15) is 0 Å². The van der Waals surface area contributed by atoms with Crippen molar-refractivity contribution >= 4 is 43.2 Å². The molecule has 0 saturated heterocycles. The van der Waals surface area contributed by atoms with Crippen LogP contribution >= 0.6 is 15.9 Å². The highest BCUT2D eigenvalue weighted by Crippen LogP contribution is 2.43. The molecular weight excluding hydrogens is 447 g/mol. The Morgan fingerprint density at radius 2 is 1.71 bits per heavy atom. The molecule has 0 spiro atoms. The zero-order chi connectivity index (χ0) is 19.9. The molecule has 1 aliphatic rings. The van der Waals surface area contributed by atoms with Crippen LogP contribution in [0.3, 0.4) is 0 Å². The zero-order valence-electron chi connectivity index (χ0n) is 14.4. The minimum Gasteiger partial charge on any atom is -0.325 e. The lowest BCUT2D eigenvalue weighted by atomic mass is 10.0. The van der Waals surface area contributed by atoms with Crippen LogP contribution in [0.15, 0.2) is 76.1 Å². The standard InChI is InChI=1S/C20H14BrFN2O3S/c21-13-5-8-15(9-6-13)23-20(25)12-24-18-10-7-14(22)11-17(18)16-3-1-2-4-19(16)28(24,26)27/h1-11H,12H2,(H,23,25). The first-order chi connectivity index (χ1) is 13.4. The topological polar surface area (TPSA) is 66.5 Å². The molecule has 0 unspecified atom stereocenters. The third kappa shape index (κ3) is 3.29. The van der Waals surface area contributed by atoms with Crippen molar-refractivity contribution in [2.75, 3.05) is 16.2 Å². The molecule has 0 radical (unpaired) electrons. The molecule has 0 fully saturated rings. The van der Waals surface area contributed by atoms with Crippen LogP contribution in [0.2, 0.25) is 0 Å². The van der Waals surface area contributed by atoms with Crippen LogP contribution < -0.4 is 9.62 Å². The van der Waals surface area contributed by atoms with Gasteiger partial charge in [0.15, 0.2) is 0 Å². The molecule has 3 aromatic carbocycles. The van der Waals surface area contributed by atoms with Crippen molar-refractivity contribution in [3.8, 4) is 11.1 Å². The number of nitrogens with zero attached hydrogens (tertiary/aromatic N) is 1. The summed E-state index contributed by atoms with van der Waals surface area (Å²) in [5.41, 5.74) is 1.66. The van der Waals surface area contributed by atoms with Crippen LogP contribution in [-0.4, -0.2) is 20.9 Å². The molecule has 1 aliphatic heterocycles. The number of sulfonamides is 1. The third-order valence-corrected chi connectivity index (χ3v) is 6.73. The molecule has 0 bridgehead atoms. The summed E-state index contributed by atoms with van der Waals surface area (Å²) in [6.45, 7) is -0.425. The number of rotatable bonds is 3. The maximum absolute atomic E-state index is 13.8. The predicted molar refractivity (Wildman–Crippen MR) is 109 cm³/mol. The normalized spacial score (nSPS) is 14.1. The van der Waals surface area contributed by atoms with E-state index in [0.717, 1.165) is 8.78 Å². The Kier molecular flexibility index (Phi) is 4.68. The van der Waals surface area contributed by atoms with Crippen LogP contribution in [0.5, 0.6) is 0 Å². The van der Waals surface area contributed by atoms with E-state index < -0.39 is 28.3 Å². The lowest BCUT2D eigenvalue weighted by Gasteiger charge is -2.31. The van der Waals surface area contributed by atoms with E-state index in [1.54, 1.807) is 42.5 Å². The second-order valence-corrected chi connectivity index (χ2v) is 8.97. The fourth-order valence-electron chi connectivity index (χ4n) is 3.14. The number of hydrogen-bond donors (Lipinski definition) is 1. The number of carbonyl (C=O) groups excluding carboxylic acids is 1. The van der Waals surface area contributed by atoms with E-state index in [4.69, 9.17) is 0 Å². The summed E-state index contributed by atoms with van der Waals surface area (Å²) in [5, 5.41) is 2.68. The number of benzene rings is 3. The van der Waals surface area contributed by atoms with Crippen LogP contribution in [0.25, 0.3) is 11.1 Å². The second kappa shape index (κ2) is 7.03. The van der Waals surface area contributed by atoms with Gasteiger partial charge in [0.25, 0.3) is 10.0 Å². The molecule has 8 heteroatoms. The smallest absolute Gasteiger partial charge is 0.265 e. The Labute approximate surface area is 170 Å². The van der Waals surface area contributed by atoms with Gasteiger partial charge in [0.1, 0.15) is 12.4 Å². The number of nitrogens with one attached hydrogen (secondary N) is 1. The molecule has 1 N–H and O–H groups in total. The van der Waals surface area contributed by atoms with Crippen molar-refractivity contribution in [1.29, 1.82) is 0 Å². The monoisotopic (exact) mass is 460 g/mol. The quantitative estimate of drug-likeness (QED) is 0.629. The average Bonchev–Trinajstić information content (AvgIpc) is 2.67. The van der Waals surface area contributed by atoms with Crippen molar-refractivity contribution in [2.45, 2.75) is 4.90 Å². The summed E-state index contributed by atoms with van der Waals surface area (Å²) in [7, 11) is -3.96. The Balaban J connectivity index is 1.72. The SMILES string of the molecule is O=C(CN1c2ccc(F)cc2-c2ccccc2S1(=O)=O)Nc1ccc(Br)cc1. The lowest BCUT2D eigenvalue weighted by molar-refractivity contribution is -0.114. The van der Waals surface area contributed by atoms with Gasteiger partial charge in [0.2, 0.25) is 5.91 Å². The van der Waals surface area contributed by atoms with Gasteiger partial charge in [0, 0.05) is 21.3 Å². The molecular formula is C20H14BrFN2O3S. The van der Waals surface area contributed by atoms with E-state index >= 15 is 0 Å². The highest BCUT2D eigenvalue weighted by molar-refractivity contribution is 9.10. The molecule has 142 valence electrons. The van der Waals surface area contributed by atoms with Gasteiger partial charge in [0.05, 0.1) is 10.6 Å². The maximum Gasteiger partial charge on any atom is 0.265 e. The fourth-order valence-corrected chi connectivity index (χ4v) is 5.05. The van der Waals surface area contributed by atoms with E-state index in [9.17, 15) is 17.6 Å². The highest BCUT2D eigenvalue weighted by atomic mass is 79.9. The summed E-state index contributed by atoms with van der Waals surface area (Å²) >= 11 is 3.31. The van der Waals surface area contributed by atoms with Gasteiger partial charge < -0.3 is 5.32 Å². The summed E-state index contributed by atoms with van der Waals surface area (Å²) in [6.07, 6.45) is 0. The van der Waals surface area contributed by atoms with Crippen LogP contribution in [0, 0.1) is 5.82 Å². The van der Waals surface area contributed by atoms with Crippen LogP contribution in [-0.2, 0) is 14.8 Å². The number of hydrogen-bond acceptors (Lipinski definition) is 3. The van der Waals surface area contributed by atoms with Gasteiger partial charge in [-0.05, 0) is 48.5 Å². The van der Waals surface area contributed by atoms with Gasteiger partial charge in [-0.25, -0.2) is 12.8 Å². The van der Waals surface area contributed by atoms with E-state index in [1.807, 2.05) is 0 Å². The first-order valence-electron chi connectivity index (χ1n) is 8.33. The molecule has 4 rings (SSSR count).